The van der Waals surface area contributed by atoms with E-state index < -0.39 is 0 Å². The van der Waals surface area contributed by atoms with E-state index in [4.69, 9.17) is 5.11 Å². The van der Waals surface area contributed by atoms with Crippen LogP contribution in [0.1, 0.15) is 52.4 Å². The summed E-state index contributed by atoms with van der Waals surface area (Å²) >= 11 is 0. The zero-order valence-electron chi connectivity index (χ0n) is 9.63. The van der Waals surface area contributed by atoms with Gasteiger partial charge in [-0.2, -0.15) is 0 Å². The van der Waals surface area contributed by atoms with Gasteiger partial charge in [-0.1, -0.05) is 13.8 Å². The van der Waals surface area contributed by atoms with Crippen LogP contribution in [0.3, 0.4) is 0 Å². The van der Waals surface area contributed by atoms with Gasteiger partial charge >= 0.3 is 0 Å². The van der Waals surface area contributed by atoms with Crippen molar-refractivity contribution >= 4 is 0 Å². The van der Waals surface area contributed by atoms with Gasteiger partial charge in [0.1, 0.15) is 0 Å². The molecule has 0 heterocycles. The van der Waals surface area contributed by atoms with Crippen LogP contribution in [0.5, 0.6) is 0 Å². The Hall–Kier alpha value is -0.0400. The van der Waals surface area contributed by atoms with Crippen LogP contribution >= 0.6 is 0 Å². The first-order valence-electron chi connectivity index (χ1n) is 6.22. The van der Waals surface area contributed by atoms with Gasteiger partial charge < -0.3 is 5.11 Å². The summed E-state index contributed by atoms with van der Waals surface area (Å²) in [4.78, 5) is 0. The average Bonchev–Trinajstić information content (AvgIpc) is 1.99. The predicted molar refractivity (Wildman–Crippen MR) is 59.0 cm³/mol. The van der Waals surface area contributed by atoms with E-state index in [0.717, 1.165) is 24.2 Å². The normalized spacial score (nSPS) is 47.8. The van der Waals surface area contributed by atoms with E-state index in [1.807, 2.05) is 0 Å². The highest BCUT2D eigenvalue weighted by Gasteiger charge is 2.40. The molecule has 0 saturated heterocycles. The van der Waals surface area contributed by atoms with Crippen LogP contribution in [0, 0.1) is 23.2 Å². The van der Waals surface area contributed by atoms with Crippen LogP contribution in [0.25, 0.3) is 0 Å². The van der Waals surface area contributed by atoms with Gasteiger partial charge in [0.25, 0.3) is 0 Å². The van der Waals surface area contributed by atoms with Crippen molar-refractivity contribution in [3.8, 4) is 0 Å². The maximum absolute atomic E-state index is 9.10. The molecule has 0 spiro atoms. The van der Waals surface area contributed by atoms with Crippen LogP contribution in [0.2, 0.25) is 0 Å². The number of hydrogen-bond acceptors (Lipinski definition) is 1. The van der Waals surface area contributed by atoms with Crippen molar-refractivity contribution in [2.75, 3.05) is 6.61 Å². The maximum Gasteiger partial charge on any atom is 0.0436 e. The summed E-state index contributed by atoms with van der Waals surface area (Å²) < 4.78 is 0. The number of fused-ring (bicyclic) bond motifs is 2. The fourth-order valence-electron chi connectivity index (χ4n) is 4.18. The van der Waals surface area contributed by atoms with Crippen molar-refractivity contribution in [2.45, 2.75) is 52.4 Å². The van der Waals surface area contributed by atoms with E-state index >= 15 is 0 Å². The van der Waals surface area contributed by atoms with E-state index in [9.17, 15) is 0 Å². The van der Waals surface area contributed by atoms with Gasteiger partial charge in [-0.25, -0.2) is 0 Å². The predicted octanol–water partition coefficient (Wildman–Crippen LogP) is 3.22. The van der Waals surface area contributed by atoms with Crippen LogP contribution in [0.4, 0.5) is 0 Å². The molecule has 2 rings (SSSR count). The Labute approximate surface area is 87.9 Å². The summed E-state index contributed by atoms with van der Waals surface area (Å²) in [6.07, 6.45) is 8.12. The number of aliphatic hydroxyl groups excluding tert-OH is 1. The van der Waals surface area contributed by atoms with Gasteiger partial charge in [-0.15, -0.1) is 0 Å². The van der Waals surface area contributed by atoms with Gasteiger partial charge in [0.05, 0.1) is 0 Å². The smallest absolute Gasteiger partial charge is 0.0436 e. The van der Waals surface area contributed by atoms with Gasteiger partial charge in [0, 0.05) is 6.61 Å². The molecule has 0 aromatic rings. The van der Waals surface area contributed by atoms with E-state index in [2.05, 4.69) is 13.8 Å². The molecule has 14 heavy (non-hydrogen) atoms. The van der Waals surface area contributed by atoms with Crippen LogP contribution in [-0.2, 0) is 0 Å². The first-order chi connectivity index (χ1) is 6.61. The lowest BCUT2D eigenvalue weighted by Gasteiger charge is -2.47. The quantitative estimate of drug-likeness (QED) is 0.719. The zero-order chi connectivity index (χ0) is 10.2. The SMILES string of the molecule is CC1CC2CC(C1)CC(C)(CCO)C2. The highest BCUT2D eigenvalue weighted by atomic mass is 16.3. The fourth-order valence-corrected chi connectivity index (χ4v) is 4.18. The fraction of sp³-hybridized carbons (Fsp3) is 1.00. The average molecular weight is 196 g/mol. The topological polar surface area (TPSA) is 20.2 Å². The Kier molecular flexibility index (Phi) is 2.88. The van der Waals surface area contributed by atoms with Gasteiger partial charge in [-0.3, -0.25) is 0 Å². The monoisotopic (exact) mass is 196 g/mol. The third-order valence-electron chi connectivity index (χ3n) is 4.42. The lowest BCUT2D eigenvalue weighted by molar-refractivity contribution is 0.0300. The molecule has 2 atom stereocenters. The molecule has 0 aromatic heterocycles. The standard InChI is InChI=1S/C13H24O/c1-10-5-11-7-12(6-10)9-13(2,8-11)3-4-14/h10-12,14H,3-9H2,1-2H3. The summed E-state index contributed by atoms with van der Waals surface area (Å²) in [5.74, 6) is 2.89. The summed E-state index contributed by atoms with van der Waals surface area (Å²) in [6.45, 7) is 5.18. The lowest BCUT2D eigenvalue weighted by atomic mass is 9.59. The van der Waals surface area contributed by atoms with E-state index in [-0.39, 0.29) is 0 Å². The zero-order valence-corrected chi connectivity index (χ0v) is 9.63. The lowest BCUT2D eigenvalue weighted by Crippen LogP contribution is -2.36. The molecule has 1 N–H and O–H groups in total. The molecule has 0 amide bonds. The number of rotatable bonds is 2. The third kappa shape index (κ3) is 2.13. The van der Waals surface area contributed by atoms with Crippen LogP contribution in [-0.4, -0.2) is 11.7 Å². The molecule has 2 fully saturated rings. The minimum atomic E-state index is 0.380. The summed E-state index contributed by atoms with van der Waals surface area (Å²) in [6, 6.07) is 0. The molecule has 1 heteroatoms. The first kappa shape index (κ1) is 10.5. The van der Waals surface area contributed by atoms with Crippen molar-refractivity contribution in [3.05, 3.63) is 0 Å². The molecular weight excluding hydrogens is 172 g/mol. The second-order valence-corrected chi connectivity index (χ2v) is 6.24. The minimum Gasteiger partial charge on any atom is -0.396 e. The summed E-state index contributed by atoms with van der Waals surface area (Å²) in [5.41, 5.74) is 0.461. The van der Waals surface area contributed by atoms with Crippen LogP contribution in [0.15, 0.2) is 0 Å². The van der Waals surface area contributed by atoms with Gasteiger partial charge in [0.15, 0.2) is 0 Å². The van der Waals surface area contributed by atoms with Crippen molar-refractivity contribution in [3.63, 3.8) is 0 Å². The molecule has 2 bridgehead atoms. The second-order valence-electron chi connectivity index (χ2n) is 6.24. The van der Waals surface area contributed by atoms with E-state index in [1.165, 1.54) is 32.1 Å². The van der Waals surface area contributed by atoms with Crippen molar-refractivity contribution in [1.29, 1.82) is 0 Å². The molecule has 0 aliphatic heterocycles. The van der Waals surface area contributed by atoms with E-state index in [1.54, 1.807) is 0 Å². The minimum absolute atomic E-state index is 0.380. The Morgan fingerprint density at radius 1 is 1.14 bits per heavy atom. The van der Waals surface area contributed by atoms with E-state index in [0.29, 0.717) is 12.0 Å². The molecule has 1 nitrogen and oxygen atoms in total. The molecule has 2 unspecified atom stereocenters. The molecule has 2 aliphatic carbocycles. The van der Waals surface area contributed by atoms with Crippen molar-refractivity contribution in [2.24, 2.45) is 23.2 Å². The Balaban J connectivity index is 2.01. The Morgan fingerprint density at radius 3 is 2.21 bits per heavy atom. The van der Waals surface area contributed by atoms with Gasteiger partial charge in [-0.05, 0) is 61.7 Å². The number of hydrogen-bond donors (Lipinski definition) is 1. The van der Waals surface area contributed by atoms with Crippen LogP contribution < -0.4 is 0 Å². The number of aliphatic hydroxyl groups is 1. The summed E-state index contributed by atoms with van der Waals surface area (Å²) in [7, 11) is 0. The molecule has 2 aliphatic rings. The molecule has 0 radical (unpaired) electrons. The summed E-state index contributed by atoms with van der Waals surface area (Å²) in [5, 5.41) is 9.10. The van der Waals surface area contributed by atoms with Crippen molar-refractivity contribution in [1.82, 2.24) is 0 Å². The third-order valence-corrected chi connectivity index (χ3v) is 4.42. The molecule has 82 valence electrons. The molecular formula is C13H24O. The molecule has 2 saturated carbocycles. The highest BCUT2D eigenvalue weighted by molar-refractivity contribution is 4.91. The second kappa shape index (κ2) is 3.84. The van der Waals surface area contributed by atoms with Crippen molar-refractivity contribution < 1.29 is 5.11 Å². The first-order valence-corrected chi connectivity index (χ1v) is 6.22. The van der Waals surface area contributed by atoms with Gasteiger partial charge in [0.2, 0.25) is 0 Å². The maximum atomic E-state index is 9.10. The largest absolute Gasteiger partial charge is 0.396 e. The Bertz CT molecular complexity index is 181. The molecule has 0 aromatic carbocycles. The highest BCUT2D eigenvalue weighted by Crippen LogP contribution is 2.51. The Morgan fingerprint density at radius 2 is 1.71 bits per heavy atom.